The normalized spacial score (nSPS) is 18.1. The molecule has 1 aliphatic carbocycles. The Morgan fingerprint density at radius 3 is 2.42 bits per heavy atom. The molecule has 1 aliphatic rings. The second-order valence-corrected chi connectivity index (χ2v) is 7.45. The number of rotatable bonds is 4. The van der Waals surface area contributed by atoms with Gasteiger partial charge in [0.1, 0.15) is 0 Å². The van der Waals surface area contributed by atoms with Crippen LogP contribution >= 0.6 is 11.3 Å². The van der Waals surface area contributed by atoms with E-state index in [0.29, 0.717) is 0 Å². The van der Waals surface area contributed by atoms with Crippen molar-refractivity contribution in [3.63, 3.8) is 0 Å². The van der Waals surface area contributed by atoms with Crippen molar-refractivity contribution in [3.8, 4) is 0 Å². The van der Waals surface area contributed by atoms with Gasteiger partial charge < -0.3 is 5.73 Å². The molecule has 1 heterocycles. The van der Waals surface area contributed by atoms with Crippen LogP contribution in [0.15, 0.2) is 16.3 Å². The van der Waals surface area contributed by atoms with E-state index in [4.69, 9.17) is 5.73 Å². The van der Waals surface area contributed by atoms with Crippen molar-refractivity contribution in [2.24, 2.45) is 5.73 Å². The van der Waals surface area contributed by atoms with Gasteiger partial charge in [0.05, 0.1) is 9.77 Å². The van der Waals surface area contributed by atoms with Crippen LogP contribution in [0.3, 0.4) is 0 Å². The molecule has 0 aliphatic heterocycles. The molecule has 0 aromatic carbocycles. The van der Waals surface area contributed by atoms with Gasteiger partial charge in [-0.15, -0.1) is 11.3 Å². The van der Waals surface area contributed by atoms with Crippen LogP contribution in [0, 0.1) is 0 Å². The predicted molar refractivity (Wildman–Crippen MR) is 74.6 cm³/mol. The largest absolute Gasteiger partial charge is 0.365 e. The summed E-state index contributed by atoms with van der Waals surface area (Å²) in [6.07, 6.45) is 6.22. The molecule has 0 saturated heterocycles. The number of thiophene rings is 1. The lowest BCUT2D eigenvalue weighted by molar-refractivity contribution is 0.100. The number of primary amides is 1. The first-order valence-electron chi connectivity index (χ1n) is 6.40. The Labute approximate surface area is 117 Å². The molecule has 2 rings (SSSR count). The standard InChI is InChI=1S/C12H18N2O3S2/c13-12(15)11-7-10(8-18-11)19(16,17)14-9-5-3-1-2-4-6-9/h7-9,14H,1-6H2,(H2,13,15). The lowest BCUT2D eigenvalue weighted by Crippen LogP contribution is -2.34. The van der Waals surface area contributed by atoms with Crippen LogP contribution in [0.4, 0.5) is 0 Å². The fraction of sp³-hybridized carbons (Fsp3) is 0.583. The Kier molecular flexibility index (Phi) is 4.59. The number of hydrogen-bond donors (Lipinski definition) is 2. The van der Waals surface area contributed by atoms with Gasteiger partial charge in [-0.05, 0) is 18.9 Å². The molecule has 5 nitrogen and oxygen atoms in total. The van der Waals surface area contributed by atoms with E-state index in [0.717, 1.165) is 37.0 Å². The molecule has 0 spiro atoms. The average Bonchev–Trinajstić information content (AvgIpc) is 2.72. The Morgan fingerprint density at radius 1 is 1.26 bits per heavy atom. The molecule has 1 fully saturated rings. The van der Waals surface area contributed by atoms with Crippen LogP contribution in [0.2, 0.25) is 0 Å². The third-order valence-electron chi connectivity index (χ3n) is 3.31. The van der Waals surface area contributed by atoms with Crippen LogP contribution in [0.1, 0.15) is 48.2 Å². The second kappa shape index (κ2) is 6.02. The number of carbonyl (C=O) groups is 1. The van der Waals surface area contributed by atoms with Gasteiger partial charge >= 0.3 is 0 Å². The van der Waals surface area contributed by atoms with E-state index in [2.05, 4.69) is 4.72 Å². The zero-order chi connectivity index (χ0) is 13.9. The van der Waals surface area contributed by atoms with Crippen LogP contribution in [-0.2, 0) is 10.0 Å². The van der Waals surface area contributed by atoms with Gasteiger partial charge in [-0.3, -0.25) is 4.79 Å². The summed E-state index contributed by atoms with van der Waals surface area (Å²) in [5, 5.41) is 1.46. The Hall–Kier alpha value is -0.920. The highest BCUT2D eigenvalue weighted by molar-refractivity contribution is 7.89. The van der Waals surface area contributed by atoms with Crippen molar-refractivity contribution in [1.29, 1.82) is 0 Å². The highest BCUT2D eigenvalue weighted by atomic mass is 32.2. The summed E-state index contributed by atoms with van der Waals surface area (Å²) in [6.45, 7) is 0. The molecule has 1 saturated carbocycles. The van der Waals surface area contributed by atoms with Crippen molar-refractivity contribution >= 4 is 27.3 Å². The first-order valence-corrected chi connectivity index (χ1v) is 8.76. The highest BCUT2D eigenvalue weighted by Crippen LogP contribution is 2.22. The summed E-state index contributed by atoms with van der Waals surface area (Å²) >= 11 is 1.06. The molecular formula is C12H18N2O3S2. The van der Waals surface area contributed by atoms with Gasteiger partial charge in [-0.2, -0.15) is 0 Å². The van der Waals surface area contributed by atoms with E-state index in [1.54, 1.807) is 0 Å². The van der Waals surface area contributed by atoms with Gasteiger partial charge in [-0.1, -0.05) is 25.7 Å². The highest BCUT2D eigenvalue weighted by Gasteiger charge is 2.22. The lowest BCUT2D eigenvalue weighted by atomic mass is 10.1. The maximum Gasteiger partial charge on any atom is 0.258 e. The van der Waals surface area contributed by atoms with Crippen LogP contribution < -0.4 is 10.5 Å². The number of carbonyl (C=O) groups excluding carboxylic acids is 1. The number of amides is 1. The van der Waals surface area contributed by atoms with Gasteiger partial charge in [0.2, 0.25) is 10.0 Å². The Morgan fingerprint density at radius 2 is 1.89 bits per heavy atom. The first kappa shape index (κ1) is 14.5. The minimum Gasteiger partial charge on any atom is -0.365 e. The monoisotopic (exact) mass is 302 g/mol. The van der Waals surface area contributed by atoms with Gasteiger partial charge in [0.15, 0.2) is 0 Å². The van der Waals surface area contributed by atoms with Crippen molar-refractivity contribution in [2.45, 2.75) is 49.5 Å². The summed E-state index contributed by atoms with van der Waals surface area (Å²) in [4.78, 5) is 11.4. The molecule has 1 aromatic rings. The fourth-order valence-electron chi connectivity index (χ4n) is 2.27. The molecule has 1 aromatic heterocycles. The van der Waals surface area contributed by atoms with E-state index in [1.165, 1.54) is 24.3 Å². The number of nitrogens with one attached hydrogen (secondary N) is 1. The minimum absolute atomic E-state index is 0.00410. The summed E-state index contributed by atoms with van der Waals surface area (Å²) in [5.41, 5.74) is 5.13. The van der Waals surface area contributed by atoms with Crippen molar-refractivity contribution in [1.82, 2.24) is 4.72 Å². The molecule has 19 heavy (non-hydrogen) atoms. The lowest BCUT2D eigenvalue weighted by Gasteiger charge is -2.15. The van der Waals surface area contributed by atoms with Crippen LogP contribution in [0.25, 0.3) is 0 Å². The maximum absolute atomic E-state index is 12.2. The topological polar surface area (TPSA) is 89.3 Å². The maximum atomic E-state index is 12.2. The predicted octanol–water partition coefficient (Wildman–Crippen LogP) is 1.85. The summed E-state index contributed by atoms with van der Waals surface area (Å²) in [5.74, 6) is -0.596. The number of hydrogen-bond acceptors (Lipinski definition) is 4. The van der Waals surface area contributed by atoms with E-state index < -0.39 is 15.9 Å². The summed E-state index contributed by atoms with van der Waals surface area (Å²) < 4.78 is 27.1. The molecule has 0 bridgehead atoms. The SMILES string of the molecule is NC(=O)c1cc(S(=O)(=O)NC2CCCCCC2)cs1. The van der Waals surface area contributed by atoms with Gasteiger partial charge in [-0.25, -0.2) is 13.1 Å². The minimum atomic E-state index is -3.54. The van der Waals surface area contributed by atoms with Crippen LogP contribution in [0.5, 0.6) is 0 Å². The molecule has 0 unspecified atom stereocenters. The second-order valence-electron chi connectivity index (χ2n) is 4.82. The third kappa shape index (κ3) is 3.77. The Bertz CT molecular complexity index is 543. The third-order valence-corrected chi connectivity index (χ3v) is 5.90. The van der Waals surface area contributed by atoms with Crippen LogP contribution in [-0.4, -0.2) is 20.4 Å². The van der Waals surface area contributed by atoms with E-state index in [-0.39, 0.29) is 15.8 Å². The molecule has 106 valence electrons. The molecule has 0 radical (unpaired) electrons. The summed E-state index contributed by atoms with van der Waals surface area (Å²) in [7, 11) is -3.54. The average molecular weight is 302 g/mol. The number of sulfonamides is 1. The van der Waals surface area contributed by atoms with E-state index >= 15 is 0 Å². The quantitative estimate of drug-likeness (QED) is 0.832. The van der Waals surface area contributed by atoms with Crippen molar-refractivity contribution < 1.29 is 13.2 Å². The Balaban J connectivity index is 2.10. The molecule has 3 N–H and O–H groups in total. The van der Waals surface area contributed by atoms with Gasteiger partial charge in [0.25, 0.3) is 5.91 Å². The van der Waals surface area contributed by atoms with E-state index in [9.17, 15) is 13.2 Å². The summed E-state index contributed by atoms with van der Waals surface area (Å²) in [6, 6.07) is 1.34. The fourth-order valence-corrected chi connectivity index (χ4v) is 4.71. The zero-order valence-electron chi connectivity index (χ0n) is 10.6. The molecule has 0 atom stereocenters. The smallest absolute Gasteiger partial charge is 0.258 e. The molecule has 7 heteroatoms. The van der Waals surface area contributed by atoms with Crippen molar-refractivity contribution in [3.05, 3.63) is 16.3 Å². The zero-order valence-corrected chi connectivity index (χ0v) is 12.2. The van der Waals surface area contributed by atoms with E-state index in [1.807, 2.05) is 0 Å². The van der Waals surface area contributed by atoms with Crippen molar-refractivity contribution in [2.75, 3.05) is 0 Å². The van der Waals surface area contributed by atoms with Gasteiger partial charge in [0, 0.05) is 11.4 Å². The molecule has 1 amide bonds. The number of nitrogens with two attached hydrogens (primary N) is 1. The molecular weight excluding hydrogens is 284 g/mol. The first-order chi connectivity index (χ1) is 8.99.